The SMILES string of the molecule is CC(C)(C)c1ccc(OCC(=O)N/N=C2\CCCC(=O)C2)cc1. The zero-order chi connectivity index (χ0) is 16.9. The number of hydrazone groups is 1. The Hall–Kier alpha value is -2.17. The lowest BCUT2D eigenvalue weighted by atomic mass is 9.87. The Morgan fingerprint density at radius 3 is 2.52 bits per heavy atom. The fourth-order valence-electron chi connectivity index (χ4n) is 2.36. The fourth-order valence-corrected chi connectivity index (χ4v) is 2.36. The van der Waals surface area contributed by atoms with Crippen LogP contribution >= 0.6 is 0 Å². The lowest BCUT2D eigenvalue weighted by Crippen LogP contribution is -2.27. The van der Waals surface area contributed by atoms with E-state index in [1.807, 2.05) is 24.3 Å². The Bertz CT molecular complexity index is 598. The van der Waals surface area contributed by atoms with Gasteiger partial charge in [0.05, 0.1) is 0 Å². The second kappa shape index (κ2) is 7.40. The topological polar surface area (TPSA) is 67.8 Å². The van der Waals surface area contributed by atoms with Crippen molar-refractivity contribution in [3.63, 3.8) is 0 Å². The maximum Gasteiger partial charge on any atom is 0.277 e. The number of nitrogens with zero attached hydrogens (tertiary/aromatic N) is 1. The van der Waals surface area contributed by atoms with Crippen LogP contribution in [0.2, 0.25) is 0 Å². The molecule has 0 atom stereocenters. The first-order valence-electron chi connectivity index (χ1n) is 7.94. The number of hydrogen-bond acceptors (Lipinski definition) is 4. The molecule has 0 saturated heterocycles. The Morgan fingerprint density at radius 2 is 1.91 bits per heavy atom. The number of benzene rings is 1. The number of amides is 1. The van der Waals surface area contributed by atoms with E-state index < -0.39 is 0 Å². The Morgan fingerprint density at radius 1 is 1.22 bits per heavy atom. The van der Waals surface area contributed by atoms with Gasteiger partial charge in [0.25, 0.3) is 5.91 Å². The van der Waals surface area contributed by atoms with Crippen molar-refractivity contribution in [1.29, 1.82) is 0 Å². The van der Waals surface area contributed by atoms with Gasteiger partial charge in [-0.05, 0) is 36.0 Å². The number of rotatable bonds is 4. The number of Topliss-reactive ketones (excluding diaryl/α,β-unsaturated/α-hetero) is 1. The van der Waals surface area contributed by atoms with Crippen molar-refractivity contribution in [3.8, 4) is 5.75 Å². The van der Waals surface area contributed by atoms with Gasteiger partial charge in [-0.2, -0.15) is 5.10 Å². The van der Waals surface area contributed by atoms with Gasteiger partial charge in [0, 0.05) is 18.6 Å². The van der Waals surface area contributed by atoms with Gasteiger partial charge in [-0.15, -0.1) is 0 Å². The summed E-state index contributed by atoms with van der Waals surface area (Å²) in [6.07, 6.45) is 2.53. The molecule has 0 aromatic heterocycles. The summed E-state index contributed by atoms with van der Waals surface area (Å²) in [7, 11) is 0. The molecular formula is C18H24N2O3. The molecule has 1 aromatic rings. The molecule has 0 spiro atoms. The minimum absolute atomic E-state index is 0.0867. The molecule has 1 aliphatic carbocycles. The van der Waals surface area contributed by atoms with Crippen LogP contribution < -0.4 is 10.2 Å². The van der Waals surface area contributed by atoms with E-state index in [1.54, 1.807) is 0 Å². The fraction of sp³-hybridized carbons (Fsp3) is 0.500. The molecule has 0 aliphatic heterocycles. The Labute approximate surface area is 137 Å². The highest BCUT2D eigenvalue weighted by Gasteiger charge is 2.15. The second-order valence-electron chi connectivity index (χ2n) is 6.85. The van der Waals surface area contributed by atoms with Crippen molar-refractivity contribution in [2.75, 3.05) is 6.61 Å². The summed E-state index contributed by atoms with van der Waals surface area (Å²) in [5, 5.41) is 4.01. The average molecular weight is 316 g/mol. The van der Waals surface area contributed by atoms with Crippen molar-refractivity contribution in [2.45, 2.75) is 51.9 Å². The molecule has 0 unspecified atom stereocenters. The van der Waals surface area contributed by atoms with Crippen LogP contribution in [0.4, 0.5) is 0 Å². The molecule has 124 valence electrons. The summed E-state index contributed by atoms with van der Waals surface area (Å²) in [5.41, 5.74) is 4.49. The van der Waals surface area contributed by atoms with E-state index in [1.165, 1.54) is 5.56 Å². The number of ether oxygens (including phenoxy) is 1. The largest absolute Gasteiger partial charge is 0.484 e. The third-order valence-corrected chi connectivity index (χ3v) is 3.75. The number of carbonyl (C=O) groups is 2. The first-order valence-corrected chi connectivity index (χ1v) is 7.94. The summed E-state index contributed by atoms with van der Waals surface area (Å²) >= 11 is 0. The summed E-state index contributed by atoms with van der Waals surface area (Å²) in [4.78, 5) is 23.0. The average Bonchev–Trinajstić information content (AvgIpc) is 2.50. The minimum atomic E-state index is -0.324. The van der Waals surface area contributed by atoms with Gasteiger partial charge in [-0.3, -0.25) is 9.59 Å². The number of hydrogen-bond donors (Lipinski definition) is 1. The summed E-state index contributed by atoms with van der Waals surface area (Å²) in [6, 6.07) is 7.72. The second-order valence-corrected chi connectivity index (χ2v) is 6.85. The lowest BCUT2D eigenvalue weighted by molar-refractivity contribution is -0.123. The van der Waals surface area contributed by atoms with Gasteiger partial charge in [0.2, 0.25) is 0 Å². The van der Waals surface area contributed by atoms with Gasteiger partial charge in [-0.1, -0.05) is 32.9 Å². The molecule has 0 heterocycles. The van der Waals surface area contributed by atoms with Crippen LogP contribution in [0.3, 0.4) is 0 Å². The van der Waals surface area contributed by atoms with E-state index in [-0.39, 0.29) is 23.7 Å². The molecule has 1 amide bonds. The summed E-state index contributed by atoms with van der Waals surface area (Å²) < 4.78 is 5.45. The molecule has 1 aliphatic rings. The number of ketones is 1. The van der Waals surface area contributed by atoms with E-state index in [0.717, 1.165) is 18.6 Å². The van der Waals surface area contributed by atoms with E-state index in [0.29, 0.717) is 18.6 Å². The van der Waals surface area contributed by atoms with E-state index in [9.17, 15) is 9.59 Å². The minimum Gasteiger partial charge on any atom is -0.484 e. The zero-order valence-electron chi connectivity index (χ0n) is 14.0. The highest BCUT2D eigenvalue weighted by atomic mass is 16.5. The van der Waals surface area contributed by atoms with Gasteiger partial charge >= 0.3 is 0 Å². The Kier molecular flexibility index (Phi) is 5.53. The van der Waals surface area contributed by atoms with Crippen molar-refractivity contribution < 1.29 is 14.3 Å². The van der Waals surface area contributed by atoms with Gasteiger partial charge in [-0.25, -0.2) is 5.43 Å². The van der Waals surface area contributed by atoms with Crippen LogP contribution in [0.25, 0.3) is 0 Å². The van der Waals surface area contributed by atoms with Gasteiger partial charge < -0.3 is 4.74 Å². The summed E-state index contributed by atoms with van der Waals surface area (Å²) in [5.74, 6) is 0.503. The highest BCUT2D eigenvalue weighted by Crippen LogP contribution is 2.24. The lowest BCUT2D eigenvalue weighted by Gasteiger charge is -2.19. The van der Waals surface area contributed by atoms with Crippen molar-refractivity contribution in [3.05, 3.63) is 29.8 Å². The highest BCUT2D eigenvalue weighted by molar-refractivity contribution is 6.04. The summed E-state index contributed by atoms with van der Waals surface area (Å²) in [6.45, 7) is 6.34. The molecule has 2 rings (SSSR count). The van der Waals surface area contributed by atoms with Gasteiger partial charge in [0.15, 0.2) is 6.61 Å². The van der Waals surface area contributed by atoms with Crippen LogP contribution in [-0.4, -0.2) is 24.0 Å². The monoisotopic (exact) mass is 316 g/mol. The van der Waals surface area contributed by atoms with Crippen LogP contribution in [0.1, 0.15) is 52.0 Å². The van der Waals surface area contributed by atoms with Crippen LogP contribution in [0.15, 0.2) is 29.4 Å². The first kappa shape index (κ1) is 17.2. The standard InChI is InChI=1S/C18H24N2O3/c1-18(2,3)13-7-9-16(10-8-13)23-12-17(22)20-19-14-5-4-6-15(21)11-14/h7-10H,4-6,11-12H2,1-3H3,(H,20,22)/b19-14+. The van der Waals surface area contributed by atoms with E-state index in [4.69, 9.17) is 4.74 Å². The van der Waals surface area contributed by atoms with Crippen LogP contribution in [0, 0.1) is 0 Å². The quantitative estimate of drug-likeness (QED) is 0.868. The van der Waals surface area contributed by atoms with Gasteiger partial charge in [0.1, 0.15) is 11.5 Å². The molecule has 5 nitrogen and oxygen atoms in total. The van der Waals surface area contributed by atoms with E-state index >= 15 is 0 Å². The van der Waals surface area contributed by atoms with E-state index in [2.05, 4.69) is 31.3 Å². The maximum atomic E-state index is 11.7. The first-order chi connectivity index (χ1) is 10.8. The molecular weight excluding hydrogens is 292 g/mol. The molecule has 0 bridgehead atoms. The zero-order valence-corrected chi connectivity index (χ0v) is 14.0. The molecule has 1 fully saturated rings. The normalized spacial score (nSPS) is 17.2. The molecule has 23 heavy (non-hydrogen) atoms. The molecule has 5 heteroatoms. The third-order valence-electron chi connectivity index (χ3n) is 3.75. The molecule has 1 aromatic carbocycles. The van der Waals surface area contributed by atoms with Crippen LogP contribution in [0.5, 0.6) is 5.75 Å². The third kappa shape index (κ3) is 5.51. The van der Waals surface area contributed by atoms with Crippen molar-refractivity contribution in [1.82, 2.24) is 5.43 Å². The number of nitrogens with one attached hydrogen (secondary N) is 1. The molecule has 1 saturated carbocycles. The smallest absolute Gasteiger partial charge is 0.277 e. The predicted octanol–water partition coefficient (Wildman–Crippen LogP) is 2.98. The molecule has 1 N–H and O–H groups in total. The maximum absolute atomic E-state index is 11.7. The molecule has 0 radical (unpaired) electrons. The van der Waals surface area contributed by atoms with Crippen LogP contribution in [-0.2, 0) is 15.0 Å². The predicted molar refractivity (Wildman–Crippen MR) is 89.7 cm³/mol. The number of carbonyl (C=O) groups excluding carboxylic acids is 2. The van der Waals surface area contributed by atoms with Crippen molar-refractivity contribution >= 4 is 17.4 Å². The van der Waals surface area contributed by atoms with Crippen molar-refractivity contribution in [2.24, 2.45) is 5.10 Å². The Balaban J connectivity index is 1.80.